The zero-order chi connectivity index (χ0) is 11.8. The van der Waals surface area contributed by atoms with Gasteiger partial charge in [-0.05, 0) is 6.07 Å². The monoisotopic (exact) mass is 227 g/mol. The predicted molar refractivity (Wildman–Crippen MR) is 52.8 cm³/mol. The van der Waals surface area contributed by atoms with Crippen LogP contribution in [0, 0.1) is 0 Å². The van der Waals surface area contributed by atoms with E-state index in [0.717, 1.165) is 10.7 Å². The highest BCUT2D eigenvalue weighted by atomic mass is 19.4. The van der Waals surface area contributed by atoms with Crippen LogP contribution >= 0.6 is 0 Å². The van der Waals surface area contributed by atoms with E-state index in [-0.39, 0.29) is 11.4 Å². The second kappa shape index (κ2) is 3.55. The maximum atomic E-state index is 12.7. The highest BCUT2D eigenvalue weighted by Gasteiger charge is 2.34. The molecule has 0 bridgehead atoms. The Labute approximate surface area is 89.3 Å². The number of benzene rings is 1. The van der Waals surface area contributed by atoms with Crippen molar-refractivity contribution < 1.29 is 13.2 Å². The van der Waals surface area contributed by atoms with Gasteiger partial charge in [0, 0.05) is 18.0 Å². The van der Waals surface area contributed by atoms with Crippen LogP contribution in [-0.4, -0.2) is 9.66 Å². The molecule has 2 N–H and O–H groups in total. The summed E-state index contributed by atoms with van der Waals surface area (Å²) in [7, 11) is 0. The van der Waals surface area contributed by atoms with E-state index < -0.39 is 11.7 Å². The smallest absolute Gasteiger partial charge is 0.338 e. The first-order valence-corrected chi connectivity index (χ1v) is 4.45. The molecule has 0 saturated heterocycles. The van der Waals surface area contributed by atoms with Gasteiger partial charge < -0.3 is 5.84 Å². The van der Waals surface area contributed by atoms with Gasteiger partial charge in [-0.2, -0.15) is 13.2 Å². The Balaban J connectivity index is 2.62. The van der Waals surface area contributed by atoms with Crippen LogP contribution in [0.5, 0.6) is 0 Å². The van der Waals surface area contributed by atoms with E-state index in [9.17, 15) is 13.2 Å². The number of imidazole rings is 1. The summed E-state index contributed by atoms with van der Waals surface area (Å²) in [6, 6.07) is 5.19. The van der Waals surface area contributed by atoms with Crippen molar-refractivity contribution in [3.05, 3.63) is 42.2 Å². The van der Waals surface area contributed by atoms with Gasteiger partial charge in [0.05, 0.1) is 5.56 Å². The second-order valence-corrected chi connectivity index (χ2v) is 3.20. The molecule has 1 aromatic heterocycles. The van der Waals surface area contributed by atoms with Crippen molar-refractivity contribution in [1.29, 1.82) is 0 Å². The number of nitrogens with two attached hydrogens (primary N) is 1. The van der Waals surface area contributed by atoms with Crippen molar-refractivity contribution in [2.75, 3.05) is 5.84 Å². The van der Waals surface area contributed by atoms with E-state index in [4.69, 9.17) is 5.84 Å². The zero-order valence-corrected chi connectivity index (χ0v) is 8.07. The summed E-state index contributed by atoms with van der Waals surface area (Å²) in [6.45, 7) is 0. The molecule has 2 rings (SSSR count). The van der Waals surface area contributed by atoms with E-state index in [0.29, 0.717) is 0 Å². The molecular weight excluding hydrogens is 219 g/mol. The van der Waals surface area contributed by atoms with Gasteiger partial charge in [-0.3, -0.25) is 4.68 Å². The number of hydrogen-bond donors (Lipinski definition) is 1. The lowest BCUT2D eigenvalue weighted by Gasteiger charge is -2.11. The van der Waals surface area contributed by atoms with Crippen LogP contribution < -0.4 is 5.84 Å². The number of nitrogen functional groups attached to an aromatic ring is 1. The number of hydrogen-bond acceptors (Lipinski definition) is 2. The molecule has 6 heteroatoms. The molecule has 0 aliphatic carbocycles. The van der Waals surface area contributed by atoms with Crippen molar-refractivity contribution in [3.63, 3.8) is 0 Å². The fourth-order valence-corrected chi connectivity index (χ4v) is 1.45. The number of rotatable bonds is 1. The Kier molecular flexibility index (Phi) is 2.34. The largest absolute Gasteiger partial charge is 0.417 e. The first-order chi connectivity index (χ1) is 7.50. The molecule has 0 aliphatic rings. The number of aromatic nitrogens is 2. The maximum Gasteiger partial charge on any atom is 0.417 e. The summed E-state index contributed by atoms with van der Waals surface area (Å²) >= 11 is 0. The molecule has 3 nitrogen and oxygen atoms in total. The number of alkyl halides is 3. The third-order valence-corrected chi connectivity index (χ3v) is 2.14. The maximum absolute atomic E-state index is 12.7. The Morgan fingerprint density at radius 2 is 1.88 bits per heavy atom. The minimum absolute atomic E-state index is 0.0255. The fraction of sp³-hybridized carbons (Fsp3) is 0.100. The lowest BCUT2D eigenvalue weighted by molar-refractivity contribution is -0.137. The van der Waals surface area contributed by atoms with Gasteiger partial charge in [0.1, 0.15) is 0 Å². The van der Waals surface area contributed by atoms with Crippen LogP contribution in [0.1, 0.15) is 5.56 Å². The third kappa shape index (κ3) is 1.73. The van der Waals surface area contributed by atoms with E-state index in [1.54, 1.807) is 0 Å². The van der Waals surface area contributed by atoms with Gasteiger partial charge in [-0.25, -0.2) is 4.98 Å². The summed E-state index contributed by atoms with van der Waals surface area (Å²) < 4.78 is 39.1. The summed E-state index contributed by atoms with van der Waals surface area (Å²) in [5.74, 6) is 5.56. The minimum Gasteiger partial charge on any atom is -0.338 e. The van der Waals surface area contributed by atoms with Gasteiger partial charge in [-0.1, -0.05) is 18.2 Å². The molecule has 84 valence electrons. The van der Waals surface area contributed by atoms with Crippen LogP contribution in [0.25, 0.3) is 11.4 Å². The van der Waals surface area contributed by atoms with Gasteiger partial charge in [-0.15, -0.1) is 0 Å². The SMILES string of the molecule is Nn1ccnc1-c1ccccc1C(F)(F)F. The Hall–Kier alpha value is -1.98. The topological polar surface area (TPSA) is 43.8 Å². The molecule has 0 saturated carbocycles. The number of nitrogens with zero attached hydrogens (tertiary/aromatic N) is 2. The van der Waals surface area contributed by atoms with E-state index in [1.807, 2.05) is 0 Å². The molecule has 0 unspecified atom stereocenters. The van der Waals surface area contributed by atoms with Crippen molar-refractivity contribution in [3.8, 4) is 11.4 Å². The van der Waals surface area contributed by atoms with Crippen LogP contribution in [0.2, 0.25) is 0 Å². The first-order valence-electron chi connectivity index (χ1n) is 4.45. The predicted octanol–water partition coefficient (Wildman–Crippen LogP) is 2.28. The van der Waals surface area contributed by atoms with Crippen LogP contribution in [0.3, 0.4) is 0 Å². The normalized spacial score (nSPS) is 11.7. The summed E-state index contributed by atoms with van der Waals surface area (Å²) in [5, 5.41) is 0. The summed E-state index contributed by atoms with van der Waals surface area (Å²) in [4.78, 5) is 3.80. The minimum atomic E-state index is -4.41. The summed E-state index contributed by atoms with van der Waals surface area (Å²) in [6.07, 6.45) is -1.67. The molecule has 0 fully saturated rings. The van der Waals surface area contributed by atoms with Crippen LogP contribution in [0.4, 0.5) is 13.2 Å². The quantitative estimate of drug-likeness (QED) is 0.759. The standard InChI is InChI=1S/C10H8F3N3/c11-10(12,13)8-4-2-1-3-7(8)9-15-5-6-16(9)14/h1-6H,14H2. The van der Waals surface area contributed by atoms with E-state index in [2.05, 4.69) is 4.98 Å². The fourth-order valence-electron chi connectivity index (χ4n) is 1.45. The molecule has 0 amide bonds. The number of halogens is 3. The zero-order valence-electron chi connectivity index (χ0n) is 8.07. The van der Waals surface area contributed by atoms with Crippen LogP contribution in [-0.2, 0) is 6.18 Å². The van der Waals surface area contributed by atoms with E-state index >= 15 is 0 Å². The van der Waals surface area contributed by atoms with Crippen molar-refractivity contribution in [2.24, 2.45) is 0 Å². The highest BCUT2D eigenvalue weighted by molar-refractivity contribution is 5.61. The van der Waals surface area contributed by atoms with Gasteiger partial charge in [0.15, 0.2) is 5.82 Å². The molecule has 0 atom stereocenters. The molecule has 0 aliphatic heterocycles. The summed E-state index contributed by atoms with van der Waals surface area (Å²) in [5.41, 5.74) is -0.768. The van der Waals surface area contributed by atoms with Crippen molar-refractivity contribution in [2.45, 2.75) is 6.18 Å². The van der Waals surface area contributed by atoms with Gasteiger partial charge >= 0.3 is 6.18 Å². The third-order valence-electron chi connectivity index (χ3n) is 2.14. The Morgan fingerprint density at radius 1 is 1.19 bits per heavy atom. The van der Waals surface area contributed by atoms with Crippen molar-refractivity contribution in [1.82, 2.24) is 9.66 Å². The van der Waals surface area contributed by atoms with E-state index in [1.165, 1.54) is 30.6 Å². The molecule has 1 heterocycles. The molecule has 2 aromatic rings. The lowest BCUT2D eigenvalue weighted by Crippen LogP contribution is -2.12. The molecule has 16 heavy (non-hydrogen) atoms. The molecule has 0 radical (unpaired) electrons. The van der Waals surface area contributed by atoms with Gasteiger partial charge in [0.25, 0.3) is 0 Å². The Morgan fingerprint density at radius 3 is 2.44 bits per heavy atom. The average molecular weight is 227 g/mol. The molecular formula is C10H8F3N3. The van der Waals surface area contributed by atoms with Gasteiger partial charge in [0.2, 0.25) is 0 Å². The Bertz CT molecular complexity index is 502. The highest BCUT2D eigenvalue weighted by Crippen LogP contribution is 2.35. The molecule has 0 spiro atoms. The molecule has 1 aromatic carbocycles. The average Bonchev–Trinajstić information content (AvgIpc) is 2.63. The van der Waals surface area contributed by atoms with Crippen molar-refractivity contribution >= 4 is 0 Å². The second-order valence-electron chi connectivity index (χ2n) is 3.20. The van der Waals surface area contributed by atoms with Crippen LogP contribution in [0.15, 0.2) is 36.7 Å². The lowest BCUT2D eigenvalue weighted by atomic mass is 10.1. The first kappa shape index (κ1) is 10.5.